The first kappa shape index (κ1) is 40.8. The first-order valence-electron chi connectivity index (χ1n) is 11.4. The fourth-order valence-corrected chi connectivity index (χ4v) is 4.06. The van der Waals surface area contributed by atoms with Crippen molar-refractivity contribution in [2.75, 3.05) is 0 Å². The molecule has 39 heavy (non-hydrogen) atoms. The fourth-order valence-electron chi connectivity index (χ4n) is 2.79. The molecule has 0 aliphatic rings. The van der Waals surface area contributed by atoms with Crippen molar-refractivity contribution in [3.05, 3.63) is 124 Å². The molecule has 2 aromatic carbocycles. The first-order valence-corrected chi connectivity index (χ1v) is 12.9. The smallest absolute Gasteiger partial charge is 0.306 e. The summed E-state index contributed by atoms with van der Waals surface area (Å²) in [6, 6.07) is 22.7. The van der Waals surface area contributed by atoms with Crippen LogP contribution in [0.3, 0.4) is 0 Å². The molecule has 8 nitrogen and oxygen atoms in total. The average molecular weight is 896 g/mol. The van der Waals surface area contributed by atoms with Crippen LogP contribution in [0, 0.1) is 0 Å². The molecule has 11 heteroatoms. The van der Waals surface area contributed by atoms with E-state index in [2.05, 4.69) is 0 Å². The Morgan fingerprint density at radius 3 is 1.59 bits per heavy atom. The molecule has 0 bridgehead atoms. The van der Waals surface area contributed by atoms with Crippen molar-refractivity contribution >= 4 is 10.0 Å². The van der Waals surface area contributed by atoms with Crippen molar-refractivity contribution in [1.82, 2.24) is 8.54 Å². The maximum Gasteiger partial charge on any atom is 0.306 e. The van der Waals surface area contributed by atoms with Crippen LogP contribution < -0.4 is 11.1 Å². The number of pyridine rings is 2. The predicted octanol–water partition coefficient (Wildman–Crippen LogP) is 5.08. The van der Waals surface area contributed by atoms with E-state index in [0.29, 0.717) is 10.5 Å². The Hall–Kier alpha value is -2.73. The maximum atomic E-state index is 12.1. The monoisotopic (exact) mass is 896 g/mol. The predicted molar refractivity (Wildman–Crippen MR) is 149 cm³/mol. The van der Waals surface area contributed by atoms with Gasteiger partial charge in [0.15, 0.2) is 11.5 Å². The minimum absolute atomic E-state index is 0. The summed E-state index contributed by atoms with van der Waals surface area (Å²) in [6.07, 6.45) is 2.76. The summed E-state index contributed by atoms with van der Waals surface area (Å²) in [5, 5.41) is 18.5. The molecule has 0 unspecified atom stereocenters. The zero-order valence-corrected chi connectivity index (χ0v) is 28.3. The first-order chi connectivity index (χ1) is 17.3. The van der Waals surface area contributed by atoms with Gasteiger partial charge >= 0.3 is 5.56 Å². The van der Waals surface area contributed by atoms with E-state index in [9.17, 15) is 28.2 Å². The van der Waals surface area contributed by atoms with E-state index in [-0.39, 0.29) is 65.8 Å². The molecule has 4 rings (SSSR count). The fraction of sp³-hybridized carbons (Fsp3) is 0.214. The summed E-state index contributed by atoms with van der Waals surface area (Å²) in [5.74, 6) is -0.819. The van der Waals surface area contributed by atoms with Crippen molar-refractivity contribution in [1.29, 1.82) is 0 Å². The number of nitrogens with zero attached hydrogens (tertiary/aromatic N) is 2. The number of aromatic nitrogens is 2. The minimum atomic E-state index is -3.95. The van der Waals surface area contributed by atoms with Crippen LogP contribution >= 0.6 is 0 Å². The van der Waals surface area contributed by atoms with E-state index in [1.165, 1.54) is 28.8 Å². The number of aromatic hydroxyl groups is 2. The van der Waals surface area contributed by atoms with Crippen LogP contribution in [0.5, 0.6) is 11.5 Å². The van der Waals surface area contributed by atoms with Crippen LogP contribution in [0.25, 0.3) is 0 Å². The van der Waals surface area contributed by atoms with Gasteiger partial charge in [-0.1, -0.05) is 83.7 Å². The van der Waals surface area contributed by atoms with Gasteiger partial charge in [0.25, 0.3) is 15.6 Å². The third-order valence-electron chi connectivity index (χ3n) is 4.39. The number of rotatable bonds is 4. The van der Waals surface area contributed by atoms with Crippen LogP contribution in [-0.2, 0) is 58.7 Å². The topological polar surface area (TPSA) is 119 Å². The second kappa shape index (κ2) is 21.1. The van der Waals surface area contributed by atoms with Crippen molar-refractivity contribution in [3.63, 3.8) is 0 Å². The Balaban J connectivity index is -0.000000554. The third kappa shape index (κ3) is 11.9. The Labute approximate surface area is 259 Å². The van der Waals surface area contributed by atoms with Gasteiger partial charge in [0.1, 0.15) is 0 Å². The van der Waals surface area contributed by atoms with Gasteiger partial charge in [-0.3, -0.25) is 9.59 Å². The zero-order valence-electron chi connectivity index (χ0n) is 21.6. The Morgan fingerprint density at radius 1 is 0.641 bits per heavy atom. The molecule has 0 radical (unpaired) electrons. The van der Waals surface area contributed by atoms with E-state index in [4.69, 9.17) is 0 Å². The molecule has 0 spiro atoms. The summed E-state index contributed by atoms with van der Waals surface area (Å²) < 4.78 is 26.1. The van der Waals surface area contributed by atoms with Gasteiger partial charge in [-0.15, -0.1) is 0 Å². The summed E-state index contributed by atoms with van der Waals surface area (Å²) in [6.45, 7) is 8.48. The molecule has 2 N–H and O–H groups in total. The molecule has 0 amide bonds. The largest absolute Gasteiger partial charge is 0.503 e. The quantitative estimate of drug-likeness (QED) is 0.296. The Morgan fingerprint density at radius 2 is 1.08 bits per heavy atom. The molecule has 0 aliphatic carbocycles. The van der Waals surface area contributed by atoms with Gasteiger partial charge in [0.05, 0.1) is 11.4 Å². The summed E-state index contributed by atoms with van der Waals surface area (Å²) >= 11 is 0. The van der Waals surface area contributed by atoms with Gasteiger partial charge in [-0.2, -0.15) is 0 Å². The molecule has 0 fully saturated rings. The summed E-state index contributed by atoms with van der Waals surface area (Å²) in [4.78, 5) is 23.0. The molecule has 0 aliphatic heterocycles. The molecular weight excluding hydrogens is 860 g/mol. The van der Waals surface area contributed by atoms with Crippen molar-refractivity contribution in [2.45, 2.75) is 46.6 Å². The van der Waals surface area contributed by atoms with Crippen molar-refractivity contribution in [3.8, 4) is 11.5 Å². The van der Waals surface area contributed by atoms with E-state index < -0.39 is 21.3 Å². The van der Waals surface area contributed by atoms with Crippen molar-refractivity contribution < 1.29 is 60.8 Å². The van der Waals surface area contributed by atoms with Gasteiger partial charge < -0.3 is 14.8 Å². The molecule has 2 aromatic heterocycles. The van der Waals surface area contributed by atoms with Gasteiger partial charge in [0.2, 0.25) is 0 Å². The van der Waals surface area contributed by atoms with E-state index in [0.717, 1.165) is 17.8 Å². The molecular formula is C28H36N2O6SW2. The second-order valence-corrected chi connectivity index (χ2v) is 8.44. The Bertz CT molecular complexity index is 1430. The maximum absolute atomic E-state index is 12.1. The molecule has 0 saturated heterocycles. The minimum Gasteiger partial charge on any atom is -0.503 e. The standard InChI is InChI=1S/C12H11NO2.C11H9NO4S.2C2H6.CH4.2W/c14-11-7-4-8-13(12(11)15)9-10-5-2-1-3-6-10;13-10-7-4-8-12(11(10)14)17(15,16)9-5-2-1-3-6-9;2*1-2;;;/h1-8,14H,9H2;1-8,13H;2*1-2H3;1H4;;. The molecule has 212 valence electrons. The van der Waals surface area contributed by atoms with Crippen LogP contribution in [0.2, 0.25) is 0 Å². The average Bonchev–Trinajstić information content (AvgIpc) is 2.92. The van der Waals surface area contributed by atoms with E-state index in [1.54, 1.807) is 30.5 Å². The van der Waals surface area contributed by atoms with Crippen LogP contribution in [0.4, 0.5) is 0 Å². The van der Waals surface area contributed by atoms with Crippen LogP contribution in [-0.4, -0.2) is 27.2 Å². The second-order valence-electron chi connectivity index (χ2n) is 6.62. The summed E-state index contributed by atoms with van der Waals surface area (Å²) in [5.41, 5.74) is -0.289. The van der Waals surface area contributed by atoms with E-state index in [1.807, 2.05) is 58.0 Å². The van der Waals surface area contributed by atoms with E-state index >= 15 is 0 Å². The summed E-state index contributed by atoms with van der Waals surface area (Å²) in [7, 11) is -3.95. The molecule has 2 heterocycles. The van der Waals surface area contributed by atoms with Crippen LogP contribution in [0.1, 0.15) is 40.7 Å². The number of hydrogen-bond donors (Lipinski definition) is 2. The number of benzene rings is 2. The molecule has 0 atom stereocenters. The third-order valence-corrected chi connectivity index (χ3v) is 6.06. The van der Waals surface area contributed by atoms with Gasteiger partial charge in [-0.25, -0.2) is 12.4 Å². The van der Waals surface area contributed by atoms with Gasteiger partial charge in [0, 0.05) is 54.5 Å². The number of hydrogen-bond acceptors (Lipinski definition) is 6. The van der Waals surface area contributed by atoms with Crippen LogP contribution in [0.15, 0.2) is 112 Å². The van der Waals surface area contributed by atoms with Gasteiger partial charge in [-0.05, 0) is 42.0 Å². The SMILES string of the molecule is C.CC.CC.O=c1c(O)cccn1Cc1ccccc1.O=c1c(O)cccn1S(=O)(=O)c1ccccc1.[W].[W]. The molecule has 0 saturated carbocycles. The van der Waals surface area contributed by atoms with Crippen molar-refractivity contribution in [2.24, 2.45) is 0 Å². The zero-order chi connectivity index (χ0) is 27.1. The Kier molecular flexibility index (Phi) is 22.1. The molecule has 4 aromatic rings. The normalized spacial score (nSPS) is 9.13.